The maximum Gasteiger partial charge on any atom is 0.325 e. The summed E-state index contributed by atoms with van der Waals surface area (Å²) in [5.41, 5.74) is 2.62. The molecule has 172 valence electrons. The van der Waals surface area contributed by atoms with Crippen LogP contribution < -0.4 is 10.1 Å². The van der Waals surface area contributed by atoms with Crippen LogP contribution >= 0.6 is 0 Å². The molecule has 2 aromatic carbocycles. The number of nitrogens with one attached hydrogen (secondary N) is 1. The Hall–Kier alpha value is -3.94. The van der Waals surface area contributed by atoms with Gasteiger partial charge < -0.3 is 19.4 Å². The Kier molecular flexibility index (Phi) is 7.61. The number of hydrogen-bond acceptors (Lipinski definition) is 5. The molecule has 3 aromatic rings. The van der Waals surface area contributed by atoms with E-state index in [0.717, 1.165) is 5.69 Å². The number of ketones is 1. The Labute approximate surface area is 191 Å². The molecule has 1 N–H and O–H groups in total. The van der Waals surface area contributed by atoms with E-state index in [2.05, 4.69) is 5.32 Å². The van der Waals surface area contributed by atoms with Crippen molar-refractivity contribution in [3.05, 3.63) is 82.9 Å². The first-order chi connectivity index (χ1) is 15.8. The van der Waals surface area contributed by atoms with E-state index in [4.69, 9.17) is 9.47 Å². The highest BCUT2D eigenvalue weighted by Crippen LogP contribution is 2.22. The van der Waals surface area contributed by atoms with E-state index >= 15 is 0 Å². The topological polar surface area (TPSA) is 86.6 Å². The third-order valence-electron chi connectivity index (χ3n) is 4.99. The van der Waals surface area contributed by atoms with E-state index in [9.17, 15) is 18.8 Å². The summed E-state index contributed by atoms with van der Waals surface area (Å²) in [6, 6.07) is 14.4. The van der Waals surface area contributed by atoms with Gasteiger partial charge >= 0.3 is 5.97 Å². The number of ether oxygens (including phenoxy) is 2. The molecule has 1 heterocycles. The first kappa shape index (κ1) is 23.7. The second-order valence-corrected chi connectivity index (χ2v) is 7.30. The Morgan fingerprint density at radius 1 is 1.00 bits per heavy atom. The van der Waals surface area contributed by atoms with Crippen molar-refractivity contribution in [3.63, 3.8) is 0 Å². The molecular weight excluding hydrogens is 427 g/mol. The van der Waals surface area contributed by atoms with E-state index in [0.29, 0.717) is 34.9 Å². The number of para-hydroxylation sites is 1. The van der Waals surface area contributed by atoms with Crippen LogP contribution in [-0.4, -0.2) is 42.0 Å². The van der Waals surface area contributed by atoms with Crippen LogP contribution in [0.1, 0.15) is 39.0 Å². The van der Waals surface area contributed by atoms with Gasteiger partial charge in [-0.1, -0.05) is 18.2 Å². The van der Waals surface area contributed by atoms with Crippen molar-refractivity contribution in [2.24, 2.45) is 0 Å². The first-order valence-electron chi connectivity index (χ1n) is 10.5. The molecule has 0 aliphatic carbocycles. The molecule has 8 heteroatoms. The Morgan fingerprint density at radius 3 is 2.48 bits per heavy atom. The van der Waals surface area contributed by atoms with Crippen molar-refractivity contribution in [3.8, 4) is 11.4 Å². The lowest BCUT2D eigenvalue weighted by atomic mass is 10.1. The average molecular weight is 452 g/mol. The van der Waals surface area contributed by atoms with Gasteiger partial charge in [-0.15, -0.1) is 0 Å². The third kappa shape index (κ3) is 5.65. The first-order valence-corrected chi connectivity index (χ1v) is 10.5. The molecule has 0 aliphatic rings. The zero-order valence-electron chi connectivity index (χ0n) is 18.7. The molecule has 0 fully saturated rings. The Morgan fingerprint density at radius 2 is 1.76 bits per heavy atom. The SMILES string of the molecule is CCOc1ccccc1C(=O)NCC(=O)OCC(=O)c1cc(C)n(-c2cccc(F)c2)c1C. The Balaban J connectivity index is 1.59. The zero-order chi connectivity index (χ0) is 24.0. The molecule has 1 aromatic heterocycles. The van der Waals surface area contributed by atoms with Crippen LogP contribution in [0.4, 0.5) is 4.39 Å². The standard InChI is InChI=1S/C25H25FN2O5/c1-4-32-23-11-6-5-10-20(23)25(31)27-14-24(30)33-15-22(29)21-12-16(2)28(17(21)3)19-9-7-8-18(26)13-19/h5-13H,4,14-15H2,1-3H3,(H,27,31). The van der Waals surface area contributed by atoms with Gasteiger partial charge in [0.25, 0.3) is 5.91 Å². The van der Waals surface area contributed by atoms with Crippen LogP contribution in [0.3, 0.4) is 0 Å². The number of aromatic nitrogens is 1. The molecule has 0 saturated carbocycles. The molecule has 0 unspecified atom stereocenters. The number of hydrogen-bond donors (Lipinski definition) is 1. The predicted molar refractivity (Wildman–Crippen MR) is 120 cm³/mol. The predicted octanol–water partition coefficient (Wildman–Crippen LogP) is 3.79. The highest BCUT2D eigenvalue weighted by atomic mass is 19.1. The third-order valence-corrected chi connectivity index (χ3v) is 4.99. The van der Waals surface area contributed by atoms with Crippen molar-refractivity contribution in [1.29, 1.82) is 0 Å². The van der Waals surface area contributed by atoms with Crippen LogP contribution in [0.15, 0.2) is 54.6 Å². The summed E-state index contributed by atoms with van der Waals surface area (Å²) in [4.78, 5) is 37.1. The fourth-order valence-corrected chi connectivity index (χ4v) is 3.52. The van der Waals surface area contributed by atoms with Crippen LogP contribution in [0.2, 0.25) is 0 Å². The highest BCUT2D eigenvalue weighted by molar-refractivity contribution is 6.00. The minimum Gasteiger partial charge on any atom is -0.493 e. The molecule has 0 saturated heterocycles. The van der Waals surface area contributed by atoms with Gasteiger partial charge in [0.05, 0.1) is 12.2 Å². The fourth-order valence-electron chi connectivity index (χ4n) is 3.52. The molecule has 0 radical (unpaired) electrons. The number of carbonyl (C=O) groups is 3. The lowest BCUT2D eigenvalue weighted by Crippen LogP contribution is -2.31. The van der Waals surface area contributed by atoms with Crippen molar-refractivity contribution in [2.45, 2.75) is 20.8 Å². The molecule has 7 nitrogen and oxygen atoms in total. The van der Waals surface area contributed by atoms with Crippen LogP contribution in [0, 0.1) is 19.7 Å². The number of Topliss-reactive ketones (excluding diaryl/α,β-unsaturated/α-hetero) is 1. The molecule has 0 bridgehead atoms. The van der Waals surface area contributed by atoms with Gasteiger partial charge in [-0.25, -0.2) is 4.39 Å². The van der Waals surface area contributed by atoms with E-state index in [-0.39, 0.29) is 5.82 Å². The smallest absolute Gasteiger partial charge is 0.325 e. The van der Waals surface area contributed by atoms with E-state index in [1.54, 1.807) is 67.8 Å². The second kappa shape index (κ2) is 10.6. The Bertz CT molecular complexity index is 1190. The van der Waals surface area contributed by atoms with E-state index < -0.39 is 30.8 Å². The van der Waals surface area contributed by atoms with Gasteiger partial charge in [0.1, 0.15) is 18.1 Å². The number of carbonyl (C=O) groups excluding carboxylic acids is 3. The summed E-state index contributed by atoms with van der Waals surface area (Å²) in [5.74, 6) is -1.60. The van der Waals surface area contributed by atoms with Gasteiger partial charge in [-0.3, -0.25) is 14.4 Å². The number of rotatable bonds is 9. The summed E-state index contributed by atoms with van der Waals surface area (Å²) in [6.45, 7) is 4.87. The number of halogens is 1. The minimum absolute atomic E-state index is 0.299. The molecule has 0 aliphatic heterocycles. The quantitative estimate of drug-likeness (QED) is 0.394. The van der Waals surface area contributed by atoms with Crippen molar-refractivity contribution >= 4 is 17.7 Å². The highest BCUT2D eigenvalue weighted by Gasteiger charge is 2.19. The van der Waals surface area contributed by atoms with Crippen LogP contribution in [0.5, 0.6) is 5.75 Å². The number of amides is 1. The van der Waals surface area contributed by atoms with Gasteiger partial charge in [-0.05, 0) is 57.2 Å². The lowest BCUT2D eigenvalue weighted by Gasteiger charge is -2.11. The lowest BCUT2D eigenvalue weighted by molar-refractivity contribution is -0.141. The molecule has 1 amide bonds. The molecule has 3 rings (SSSR count). The summed E-state index contributed by atoms with van der Waals surface area (Å²) in [5, 5.41) is 2.47. The molecule has 0 atom stereocenters. The van der Waals surface area contributed by atoms with Crippen LogP contribution in [0.25, 0.3) is 5.69 Å². The van der Waals surface area contributed by atoms with E-state index in [1.165, 1.54) is 12.1 Å². The summed E-state index contributed by atoms with van der Waals surface area (Å²) in [6.07, 6.45) is 0. The summed E-state index contributed by atoms with van der Waals surface area (Å²) >= 11 is 0. The number of benzene rings is 2. The van der Waals surface area contributed by atoms with E-state index in [1.807, 2.05) is 0 Å². The van der Waals surface area contributed by atoms with Gasteiger partial charge in [0.15, 0.2) is 6.61 Å². The summed E-state index contributed by atoms with van der Waals surface area (Å²) < 4.78 is 25.8. The van der Waals surface area contributed by atoms with Crippen molar-refractivity contribution in [1.82, 2.24) is 9.88 Å². The van der Waals surface area contributed by atoms with Gasteiger partial charge in [-0.2, -0.15) is 0 Å². The zero-order valence-corrected chi connectivity index (χ0v) is 18.7. The largest absolute Gasteiger partial charge is 0.493 e. The average Bonchev–Trinajstić information content (AvgIpc) is 3.10. The minimum atomic E-state index is -0.746. The maximum atomic E-state index is 13.6. The molecule has 0 spiro atoms. The monoisotopic (exact) mass is 452 g/mol. The normalized spacial score (nSPS) is 10.5. The fraction of sp³-hybridized carbons (Fsp3) is 0.240. The summed E-state index contributed by atoms with van der Waals surface area (Å²) in [7, 11) is 0. The van der Waals surface area contributed by atoms with Gasteiger partial charge in [0, 0.05) is 22.6 Å². The number of esters is 1. The van der Waals surface area contributed by atoms with Gasteiger partial charge in [0.2, 0.25) is 5.78 Å². The van der Waals surface area contributed by atoms with Crippen molar-refractivity contribution in [2.75, 3.05) is 19.8 Å². The molecule has 33 heavy (non-hydrogen) atoms. The number of nitrogens with zero attached hydrogens (tertiary/aromatic N) is 1. The maximum absolute atomic E-state index is 13.6. The van der Waals surface area contributed by atoms with Crippen molar-refractivity contribution < 1.29 is 28.2 Å². The number of aryl methyl sites for hydroxylation is 1. The van der Waals surface area contributed by atoms with Crippen LogP contribution in [-0.2, 0) is 9.53 Å². The molecular formula is C25H25FN2O5. The second-order valence-electron chi connectivity index (χ2n) is 7.30.